The average molecular weight is 252 g/mol. The van der Waals surface area contributed by atoms with E-state index >= 15 is 0 Å². The summed E-state index contributed by atoms with van der Waals surface area (Å²) in [6, 6.07) is 0.552. The van der Waals surface area contributed by atoms with E-state index in [9.17, 15) is 9.18 Å². The molecule has 0 fully saturated rings. The summed E-state index contributed by atoms with van der Waals surface area (Å²) < 4.78 is 18.0. The SMILES string of the molecule is CCOC(=O)C(F)[C@H](N)c1sccc1Cl. The summed E-state index contributed by atoms with van der Waals surface area (Å²) in [5.41, 5.74) is 5.57. The van der Waals surface area contributed by atoms with Crippen LogP contribution < -0.4 is 5.73 Å². The van der Waals surface area contributed by atoms with Gasteiger partial charge in [0.05, 0.1) is 17.7 Å². The number of carbonyl (C=O) groups excluding carboxylic acids is 1. The molecule has 0 spiro atoms. The lowest BCUT2D eigenvalue weighted by atomic mass is 10.1. The molecule has 3 nitrogen and oxygen atoms in total. The molecule has 0 aliphatic rings. The smallest absolute Gasteiger partial charge is 0.342 e. The monoisotopic (exact) mass is 251 g/mol. The van der Waals surface area contributed by atoms with E-state index in [2.05, 4.69) is 4.74 Å². The quantitative estimate of drug-likeness (QED) is 0.836. The Kier molecular flexibility index (Phi) is 4.50. The van der Waals surface area contributed by atoms with Gasteiger partial charge in [0, 0.05) is 4.88 Å². The van der Waals surface area contributed by atoms with Gasteiger partial charge in [-0.2, -0.15) is 0 Å². The molecule has 1 aromatic heterocycles. The van der Waals surface area contributed by atoms with Gasteiger partial charge in [0.1, 0.15) is 0 Å². The van der Waals surface area contributed by atoms with Crippen molar-refractivity contribution in [1.82, 2.24) is 0 Å². The molecular formula is C9H11ClFNO2S. The zero-order chi connectivity index (χ0) is 11.4. The topological polar surface area (TPSA) is 52.3 Å². The summed E-state index contributed by atoms with van der Waals surface area (Å²) in [5, 5.41) is 2.06. The predicted molar refractivity (Wildman–Crippen MR) is 57.8 cm³/mol. The van der Waals surface area contributed by atoms with Gasteiger partial charge >= 0.3 is 5.97 Å². The second-order valence-corrected chi connectivity index (χ2v) is 4.17. The normalized spacial score (nSPS) is 14.7. The Morgan fingerprint density at radius 1 is 1.80 bits per heavy atom. The van der Waals surface area contributed by atoms with Crippen LogP contribution in [0.3, 0.4) is 0 Å². The molecule has 0 aromatic carbocycles. The average Bonchev–Trinajstić information content (AvgIpc) is 2.62. The highest BCUT2D eigenvalue weighted by atomic mass is 35.5. The van der Waals surface area contributed by atoms with Gasteiger partial charge in [0.25, 0.3) is 0 Å². The maximum absolute atomic E-state index is 13.5. The first-order valence-electron chi connectivity index (χ1n) is 4.37. The summed E-state index contributed by atoms with van der Waals surface area (Å²) in [6.07, 6.45) is -1.87. The van der Waals surface area contributed by atoms with Crippen molar-refractivity contribution in [2.75, 3.05) is 6.61 Å². The number of alkyl halides is 1. The molecular weight excluding hydrogens is 241 g/mol. The summed E-state index contributed by atoms with van der Waals surface area (Å²) in [6.45, 7) is 1.73. The van der Waals surface area contributed by atoms with Crippen molar-refractivity contribution in [2.45, 2.75) is 19.1 Å². The number of hydrogen-bond acceptors (Lipinski definition) is 4. The molecule has 1 heterocycles. The predicted octanol–water partition coefficient (Wildman–Crippen LogP) is 2.30. The molecule has 1 aromatic rings. The van der Waals surface area contributed by atoms with Crippen molar-refractivity contribution in [2.24, 2.45) is 5.73 Å². The number of hydrogen-bond donors (Lipinski definition) is 1. The second kappa shape index (κ2) is 5.44. The largest absolute Gasteiger partial charge is 0.464 e. The van der Waals surface area contributed by atoms with E-state index in [0.717, 1.165) is 0 Å². The Labute approximate surface area is 96.0 Å². The Morgan fingerprint density at radius 2 is 2.47 bits per heavy atom. The van der Waals surface area contributed by atoms with Crippen LogP contribution in [0, 0.1) is 0 Å². The van der Waals surface area contributed by atoms with Crippen LogP contribution in [0.5, 0.6) is 0 Å². The van der Waals surface area contributed by atoms with Crippen LogP contribution in [0.1, 0.15) is 17.8 Å². The molecule has 0 aliphatic carbocycles. The molecule has 6 heteroatoms. The number of ether oxygens (including phenoxy) is 1. The third-order valence-corrected chi connectivity index (χ3v) is 3.23. The number of carbonyl (C=O) groups is 1. The van der Waals surface area contributed by atoms with Crippen LogP contribution in [0.25, 0.3) is 0 Å². The van der Waals surface area contributed by atoms with Gasteiger partial charge in [-0.15, -0.1) is 11.3 Å². The van der Waals surface area contributed by atoms with E-state index in [4.69, 9.17) is 17.3 Å². The molecule has 15 heavy (non-hydrogen) atoms. The van der Waals surface area contributed by atoms with E-state index in [1.807, 2.05) is 0 Å². The third kappa shape index (κ3) is 2.90. The number of halogens is 2. The van der Waals surface area contributed by atoms with Gasteiger partial charge < -0.3 is 10.5 Å². The van der Waals surface area contributed by atoms with Crippen molar-refractivity contribution in [1.29, 1.82) is 0 Å². The van der Waals surface area contributed by atoms with Crippen LogP contribution in [-0.2, 0) is 9.53 Å². The molecule has 0 saturated carbocycles. The molecule has 0 aliphatic heterocycles. The van der Waals surface area contributed by atoms with Gasteiger partial charge in [0.15, 0.2) is 0 Å². The summed E-state index contributed by atoms with van der Waals surface area (Å²) in [4.78, 5) is 11.5. The van der Waals surface area contributed by atoms with Crippen molar-refractivity contribution in [3.05, 3.63) is 21.3 Å². The van der Waals surface area contributed by atoms with Crippen LogP contribution >= 0.6 is 22.9 Å². The summed E-state index contributed by atoms with van der Waals surface area (Å²) >= 11 is 6.99. The molecule has 0 amide bonds. The second-order valence-electron chi connectivity index (χ2n) is 2.81. The molecule has 1 unspecified atom stereocenters. The fourth-order valence-corrected chi connectivity index (χ4v) is 2.25. The molecule has 2 N–H and O–H groups in total. The van der Waals surface area contributed by atoms with Crippen LogP contribution in [0.2, 0.25) is 5.02 Å². The van der Waals surface area contributed by atoms with Gasteiger partial charge in [-0.3, -0.25) is 0 Å². The van der Waals surface area contributed by atoms with E-state index in [0.29, 0.717) is 9.90 Å². The summed E-state index contributed by atoms with van der Waals surface area (Å²) in [7, 11) is 0. The van der Waals surface area contributed by atoms with Gasteiger partial charge in [-0.05, 0) is 18.4 Å². The number of esters is 1. The van der Waals surface area contributed by atoms with E-state index in [1.54, 1.807) is 18.4 Å². The molecule has 0 saturated heterocycles. The lowest BCUT2D eigenvalue weighted by molar-refractivity contribution is -0.149. The van der Waals surface area contributed by atoms with Crippen molar-refractivity contribution in [3.63, 3.8) is 0 Å². The van der Waals surface area contributed by atoms with Gasteiger partial charge in [-0.1, -0.05) is 11.6 Å². The van der Waals surface area contributed by atoms with Crippen molar-refractivity contribution in [3.8, 4) is 0 Å². The minimum atomic E-state index is -1.87. The lowest BCUT2D eigenvalue weighted by Crippen LogP contribution is -2.31. The molecule has 0 radical (unpaired) electrons. The van der Waals surface area contributed by atoms with Gasteiger partial charge in [0.2, 0.25) is 6.17 Å². The number of rotatable bonds is 4. The maximum Gasteiger partial charge on any atom is 0.342 e. The molecule has 1 rings (SSSR count). The third-order valence-electron chi connectivity index (χ3n) is 1.77. The van der Waals surface area contributed by atoms with Gasteiger partial charge in [-0.25, -0.2) is 9.18 Å². The Morgan fingerprint density at radius 3 is 2.93 bits per heavy atom. The van der Waals surface area contributed by atoms with Crippen LogP contribution in [0.4, 0.5) is 4.39 Å². The van der Waals surface area contributed by atoms with E-state index in [-0.39, 0.29) is 6.61 Å². The fourth-order valence-electron chi connectivity index (χ4n) is 1.04. The van der Waals surface area contributed by atoms with Crippen molar-refractivity contribution >= 4 is 28.9 Å². The highest BCUT2D eigenvalue weighted by Crippen LogP contribution is 2.30. The zero-order valence-corrected chi connectivity index (χ0v) is 9.65. The highest BCUT2D eigenvalue weighted by molar-refractivity contribution is 7.10. The first-order valence-corrected chi connectivity index (χ1v) is 5.62. The first kappa shape index (κ1) is 12.4. The Hall–Kier alpha value is -0.650. The maximum atomic E-state index is 13.5. The molecule has 84 valence electrons. The lowest BCUT2D eigenvalue weighted by Gasteiger charge is -2.14. The minimum absolute atomic E-state index is 0.129. The minimum Gasteiger partial charge on any atom is -0.464 e. The Balaban J connectivity index is 2.72. The Bertz CT molecular complexity index is 345. The highest BCUT2D eigenvalue weighted by Gasteiger charge is 2.29. The van der Waals surface area contributed by atoms with E-state index in [1.165, 1.54) is 11.3 Å². The zero-order valence-electron chi connectivity index (χ0n) is 8.07. The number of nitrogens with two attached hydrogens (primary N) is 1. The number of thiophene rings is 1. The molecule has 2 atom stereocenters. The summed E-state index contributed by atoms with van der Waals surface area (Å²) in [5.74, 6) is -0.950. The first-order chi connectivity index (χ1) is 7.07. The van der Waals surface area contributed by atoms with Crippen LogP contribution in [-0.4, -0.2) is 18.7 Å². The van der Waals surface area contributed by atoms with E-state index < -0.39 is 18.2 Å². The van der Waals surface area contributed by atoms with Crippen LogP contribution in [0.15, 0.2) is 11.4 Å². The standard InChI is InChI=1S/C9H11ClFNO2S/c1-2-14-9(13)6(11)7(12)8-5(10)3-4-15-8/h3-4,6-7H,2,12H2,1H3/t6?,7-/m0/s1. The molecule has 0 bridgehead atoms. The fraction of sp³-hybridized carbons (Fsp3) is 0.444. The van der Waals surface area contributed by atoms with Crippen molar-refractivity contribution < 1.29 is 13.9 Å².